The molecule has 3 rings (SSSR count). The molecule has 3 aromatic rings. The van der Waals surface area contributed by atoms with Gasteiger partial charge < -0.3 is 14.8 Å². The average molecular weight is 434 g/mol. The molecule has 2 aromatic carbocycles. The van der Waals surface area contributed by atoms with Crippen LogP contribution in [0, 0.1) is 0 Å². The Morgan fingerprint density at radius 1 is 1.07 bits per heavy atom. The standard InChI is InChI=1S/C21H21Cl2N3O3/c1-28-18-8-3-5-14(21(18)29-2)9-10-20(27)25-19-11-12-24-26(19)13-15-16(22)6-4-7-17(15)23/h3-8,11-12H,9-10,13H2,1-2H3,(H,25,27). The van der Waals surface area contributed by atoms with Crippen LogP contribution in [0.5, 0.6) is 11.5 Å². The number of rotatable bonds is 8. The Bertz CT molecular complexity index is 984. The molecule has 0 spiro atoms. The maximum Gasteiger partial charge on any atom is 0.225 e. The molecule has 0 aliphatic rings. The third-order valence-corrected chi connectivity index (χ3v) is 5.17. The van der Waals surface area contributed by atoms with Gasteiger partial charge in [0.25, 0.3) is 0 Å². The Labute approximate surface area is 179 Å². The Hall–Kier alpha value is -2.70. The van der Waals surface area contributed by atoms with Gasteiger partial charge >= 0.3 is 0 Å². The number of nitrogens with one attached hydrogen (secondary N) is 1. The molecule has 1 amide bonds. The number of benzene rings is 2. The van der Waals surface area contributed by atoms with E-state index in [1.54, 1.807) is 49.4 Å². The third kappa shape index (κ3) is 5.02. The molecule has 6 nitrogen and oxygen atoms in total. The summed E-state index contributed by atoms with van der Waals surface area (Å²) in [7, 11) is 3.17. The number of nitrogens with zero attached hydrogens (tertiary/aromatic N) is 2. The Kier molecular flexibility index (Phi) is 7.01. The number of para-hydroxylation sites is 1. The molecule has 0 atom stereocenters. The number of aromatic nitrogens is 2. The molecule has 0 bridgehead atoms. The van der Waals surface area contributed by atoms with Crippen molar-refractivity contribution in [3.63, 3.8) is 0 Å². The lowest BCUT2D eigenvalue weighted by atomic mass is 10.1. The number of ether oxygens (including phenoxy) is 2. The normalized spacial score (nSPS) is 10.6. The molecule has 1 aromatic heterocycles. The van der Waals surface area contributed by atoms with Crippen molar-refractivity contribution in [2.24, 2.45) is 0 Å². The van der Waals surface area contributed by atoms with Crippen molar-refractivity contribution in [1.29, 1.82) is 0 Å². The topological polar surface area (TPSA) is 65.4 Å². The van der Waals surface area contributed by atoms with E-state index < -0.39 is 0 Å². The summed E-state index contributed by atoms with van der Waals surface area (Å²) in [6.45, 7) is 0.352. The van der Waals surface area contributed by atoms with Crippen LogP contribution >= 0.6 is 23.2 Å². The fraction of sp³-hybridized carbons (Fsp3) is 0.238. The molecule has 152 valence electrons. The summed E-state index contributed by atoms with van der Waals surface area (Å²) in [5, 5.41) is 8.26. The van der Waals surface area contributed by atoms with Gasteiger partial charge in [-0.2, -0.15) is 5.10 Å². The van der Waals surface area contributed by atoms with Crippen molar-refractivity contribution in [3.8, 4) is 11.5 Å². The molecular formula is C21H21Cl2N3O3. The summed E-state index contributed by atoms with van der Waals surface area (Å²) < 4.78 is 12.4. The van der Waals surface area contributed by atoms with Gasteiger partial charge in [-0.05, 0) is 30.2 Å². The van der Waals surface area contributed by atoms with Crippen LogP contribution in [0.15, 0.2) is 48.7 Å². The van der Waals surface area contributed by atoms with Gasteiger partial charge in [0.15, 0.2) is 11.5 Å². The second-order valence-electron chi connectivity index (χ2n) is 6.28. The zero-order valence-electron chi connectivity index (χ0n) is 16.1. The summed E-state index contributed by atoms with van der Waals surface area (Å²) in [6, 6.07) is 12.7. The molecule has 0 saturated carbocycles. The zero-order chi connectivity index (χ0) is 20.8. The first kappa shape index (κ1) is 21.0. The van der Waals surface area contributed by atoms with E-state index >= 15 is 0 Å². The van der Waals surface area contributed by atoms with Gasteiger partial charge in [-0.3, -0.25) is 4.79 Å². The van der Waals surface area contributed by atoms with E-state index in [1.807, 2.05) is 18.2 Å². The third-order valence-electron chi connectivity index (χ3n) is 4.46. The lowest BCUT2D eigenvalue weighted by molar-refractivity contribution is -0.116. The maximum absolute atomic E-state index is 12.5. The highest BCUT2D eigenvalue weighted by Gasteiger charge is 2.14. The first-order valence-corrected chi connectivity index (χ1v) is 9.73. The van der Waals surface area contributed by atoms with E-state index in [-0.39, 0.29) is 12.3 Å². The smallest absolute Gasteiger partial charge is 0.225 e. The van der Waals surface area contributed by atoms with Crippen LogP contribution in [0.2, 0.25) is 10.0 Å². The fourth-order valence-corrected chi connectivity index (χ4v) is 3.52. The van der Waals surface area contributed by atoms with Gasteiger partial charge in [-0.15, -0.1) is 0 Å². The number of aryl methyl sites for hydroxylation is 1. The number of anilines is 1. The summed E-state index contributed by atoms with van der Waals surface area (Å²) in [4.78, 5) is 12.5. The van der Waals surface area contributed by atoms with E-state index in [0.717, 1.165) is 11.1 Å². The molecule has 8 heteroatoms. The fourth-order valence-electron chi connectivity index (χ4n) is 3.00. The molecule has 0 saturated heterocycles. The van der Waals surface area contributed by atoms with Crippen LogP contribution in [0.3, 0.4) is 0 Å². The van der Waals surface area contributed by atoms with Crippen LogP contribution in [0.1, 0.15) is 17.5 Å². The first-order valence-electron chi connectivity index (χ1n) is 8.98. The number of hydrogen-bond donors (Lipinski definition) is 1. The molecular weight excluding hydrogens is 413 g/mol. The first-order chi connectivity index (χ1) is 14.0. The van der Waals surface area contributed by atoms with Crippen molar-refractivity contribution in [1.82, 2.24) is 9.78 Å². The number of hydrogen-bond acceptors (Lipinski definition) is 4. The molecule has 0 unspecified atom stereocenters. The SMILES string of the molecule is COc1cccc(CCC(=O)Nc2ccnn2Cc2c(Cl)cccc2Cl)c1OC. The van der Waals surface area contributed by atoms with Crippen LogP contribution in [0.25, 0.3) is 0 Å². The van der Waals surface area contributed by atoms with Gasteiger partial charge in [0.1, 0.15) is 5.82 Å². The van der Waals surface area contributed by atoms with Crippen molar-refractivity contribution in [2.75, 3.05) is 19.5 Å². The highest BCUT2D eigenvalue weighted by molar-refractivity contribution is 6.35. The van der Waals surface area contributed by atoms with Crippen molar-refractivity contribution in [2.45, 2.75) is 19.4 Å². The van der Waals surface area contributed by atoms with E-state index in [2.05, 4.69) is 10.4 Å². The number of carbonyl (C=O) groups excluding carboxylic acids is 1. The molecule has 0 aliphatic heterocycles. The largest absolute Gasteiger partial charge is 0.493 e. The Morgan fingerprint density at radius 2 is 1.79 bits per heavy atom. The molecule has 1 N–H and O–H groups in total. The Morgan fingerprint density at radius 3 is 2.48 bits per heavy atom. The zero-order valence-corrected chi connectivity index (χ0v) is 17.6. The van der Waals surface area contributed by atoms with Crippen molar-refractivity contribution >= 4 is 34.9 Å². The number of amides is 1. The lowest BCUT2D eigenvalue weighted by Crippen LogP contribution is -2.17. The number of halogens is 2. The second kappa shape index (κ2) is 9.67. The monoisotopic (exact) mass is 433 g/mol. The summed E-state index contributed by atoms with van der Waals surface area (Å²) >= 11 is 12.5. The summed E-state index contributed by atoms with van der Waals surface area (Å²) in [5.41, 5.74) is 1.65. The van der Waals surface area contributed by atoms with E-state index in [1.165, 1.54) is 0 Å². The Balaban J connectivity index is 1.66. The predicted octanol–water partition coefficient (Wildman–Crippen LogP) is 4.83. The highest BCUT2D eigenvalue weighted by atomic mass is 35.5. The highest BCUT2D eigenvalue weighted by Crippen LogP contribution is 2.31. The minimum absolute atomic E-state index is 0.137. The van der Waals surface area contributed by atoms with Crippen molar-refractivity contribution < 1.29 is 14.3 Å². The maximum atomic E-state index is 12.5. The van der Waals surface area contributed by atoms with Gasteiger partial charge in [-0.1, -0.05) is 41.4 Å². The second-order valence-corrected chi connectivity index (χ2v) is 7.09. The van der Waals surface area contributed by atoms with Crippen molar-refractivity contribution in [3.05, 3.63) is 69.8 Å². The van der Waals surface area contributed by atoms with Crippen LogP contribution in [0.4, 0.5) is 5.82 Å². The molecule has 29 heavy (non-hydrogen) atoms. The number of methoxy groups -OCH3 is 2. The van der Waals surface area contributed by atoms with Gasteiger partial charge in [0, 0.05) is 28.1 Å². The minimum Gasteiger partial charge on any atom is -0.493 e. The quantitative estimate of drug-likeness (QED) is 0.552. The van der Waals surface area contributed by atoms with E-state index in [0.29, 0.717) is 40.3 Å². The van der Waals surface area contributed by atoms with Crippen LogP contribution < -0.4 is 14.8 Å². The van der Waals surface area contributed by atoms with Crippen LogP contribution in [-0.4, -0.2) is 29.9 Å². The van der Waals surface area contributed by atoms with Gasteiger partial charge in [-0.25, -0.2) is 4.68 Å². The van der Waals surface area contributed by atoms with Gasteiger partial charge in [0.05, 0.1) is 27.0 Å². The minimum atomic E-state index is -0.137. The summed E-state index contributed by atoms with van der Waals surface area (Å²) in [5.74, 6) is 1.71. The van der Waals surface area contributed by atoms with E-state index in [4.69, 9.17) is 32.7 Å². The lowest BCUT2D eigenvalue weighted by Gasteiger charge is -2.13. The van der Waals surface area contributed by atoms with E-state index in [9.17, 15) is 4.79 Å². The summed E-state index contributed by atoms with van der Waals surface area (Å²) in [6.07, 6.45) is 2.41. The molecule has 0 aliphatic carbocycles. The van der Waals surface area contributed by atoms with Gasteiger partial charge in [0.2, 0.25) is 5.91 Å². The molecule has 0 fully saturated rings. The molecule has 0 radical (unpaired) electrons. The van der Waals surface area contributed by atoms with Crippen LogP contribution in [-0.2, 0) is 17.8 Å². The predicted molar refractivity (Wildman–Crippen MR) is 114 cm³/mol. The average Bonchev–Trinajstić information content (AvgIpc) is 3.15. The number of carbonyl (C=O) groups is 1. The molecule has 1 heterocycles.